The molecule has 9 heteroatoms. The zero-order valence-corrected chi connectivity index (χ0v) is 20.6. The Kier molecular flexibility index (Phi) is 7.04. The highest BCUT2D eigenvalue weighted by Gasteiger charge is 2.31. The number of nitrogens with one attached hydrogen (secondary N) is 1. The minimum absolute atomic E-state index is 0.0294. The largest absolute Gasteiger partial charge is 0.496 e. The molecule has 34 heavy (non-hydrogen) atoms. The Labute approximate surface area is 205 Å². The second-order valence-electron chi connectivity index (χ2n) is 7.52. The average molecular weight is 525 g/mol. The van der Waals surface area contributed by atoms with Crippen LogP contribution in [0.1, 0.15) is 17.3 Å². The van der Waals surface area contributed by atoms with Gasteiger partial charge in [-0.2, -0.15) is 0 Å². The standard InChI is InChI=1S/C25H25BrN4O4/c1-32-20-13-22(34-3)21(33-2)12-18(20)25-28-19-10-9-16(26)11-17(19)24(15-7-5-4-6-8-15)30(25)14-23(31)29-27/h4-13,25H,14,27H2,1-3H3,(H,29,31). The van der Waals surface area contributed by atoms with Crippen LogP contribution < -0.4 is 36.1 Å². The van der Waals surface area contributed by atoms with Gasteiger partial charge in [-0.15, -0.1) is 0 Å². The minimum atomic E-state index is -0.601. The third kappa shape index (κ3) is 4.44. The van der Waals surface area contributed by atoms with Gasteiger partial charge in [0.15, 0.2) is 17.7 Å². The van der Waals surface area contributed by atoms with Crippen LogP contribution in [0, 0.1) is 0 Å². The van der Waals surface area contributed by atoms with Gasteiger partial charge in [0.2, 0.25) is 0 Å². The van der Waals surface area contributed by atoms with Crippen molar-refractivity contribution in [3.8, 4) is 17.2 Å². The summed E-state index contributed by atoms with van der Waals surface area (Å²) in [7, 11) is 4.72. The van der Waals surface area contributed by atoms with E-state index in [1.54, 1.807) is 27.4 Å². The van der Waals surface area contributed by atoms with Gasteiger partial charge in [-0.1, -0.05) is 46.3 Å². The summed E-state index contributed by atoms with van der Waals surface area (Å²) in [6, 6.07) is 19.3. The van der Waals surface area contributed by atoms with Gasteiger partial charge in [0, 0.05) is 21.3 Å². The zero-order valence-electron chi connectivity index (χ0n) is 19.0. The fourth-order valence-electron chi connectivity index (χ4n) is 4.06. The van der Waals surface area contributed by atoms with Crippen LogP contribution in [0.25, 0.3) is 5.70 Å². The van der Waals surface area contributed by atoms with Crippen LogP contribution in [-0.4, -0.2) is 38.7 Å². The molecule has 4 rings (SSSR count). The molecular weight excluding hydrogens is 500 g/mol. The Morgan fingerprint density at radius 2 is 1.68 bits per heavy atom. The molecule has 176 valence electrons. The topological polar surface area (TPSA) is 98.4 Å². The first-order valence-corrected chi connectivity index (χ1v) is 11.3. The number of methoxy groups -OCH3 is 3. The summed E-state index contributed by atoms with van der Waals surface area (Å²) in [6.45, 7) is -0.0294. The van der Waals surface area contributed by atoms with Crippen LogP contribution in [0.2, 0.25) is 0 Å². The van der Waals surface area contributed by atoms with Crippen molar-refractivity contribution >= 4 is 27.5 Å². The highest BCUT2D eigenvalue weighted by atomic mass is 79.9. The molecule has 0 aromatic heterocycles. The molecule has 0 fully saturated rings. The van der Waals surface area contributed by atoms with E-state index < -0.39 is 6.17 Å². The quantitative estimate of drug-likeness (QED) is 0.279. The number of carbonyl (C=O) groups is 1. The molecule has 1 aliphatic rings. The van der Waals surface area contributed by atoms with Gasteiger partial charge in [0.05, 0.1) is 32.4 Å². The third-order valence-electron chi connectivity index (χ3n) is 5.59. The SMILES string of the molecule is COc1cc(OC)c(C2N=c3ccc(Br)cc3=C(c3ccccc3)N2CC(=O)NN)cc1OC. The van der Waals surface area contributed by atoms with E-state index in [9.17, 15) is 4.79 Å². The van der Waals surface area contributed by atoms with E-state index in [0.717, 1.165) is 26.3 Å². The van der Waals surface area contributed by atoms with E-state index in [2.05, 4.69) is 21.4 Å². The van der Waals surface area contributed by atoms with Crippen molar-refractivity contribution < 1.29 is 19.0 Å². The van der Waals surface area contributed by atoms with Crippen LogP contribution >= 0.6 is 15.9 Å². The molecule has 0 bridgehead atoms. The summed E-state index contributed by atoms with van der Waals surface area (Å²) in [6.07, 6.45) is -0.601. The summed E-state index contributed by atoms with van der Waals surface area (Å²) >= 11 is 3.57. The van der Waals surface area contributed by atoms with Crippen LogP contribution in [0.3, 0.4) is 0 Å². The molecule has 1 unspecified atom stereocenters. The van der Waals surface area contributed by atoms with Gasteiger partial charge in [-0.3, -0.25) is 15.2 Å². The zero-order chi connectivity index (χ0) is 24.2. The number of rotatable bonds is 7. The Balaban J connectivity index is 2.04. The number of fused-ring (bicyclic) bond motifs is 1. The second kappa shape index (κ2) is 10.1. The fraction of sp³-hybridized carbons (Fsp3) is 0.200. The van der Waals surface area contributed by atoms with Crippen LogP contribution in [0.4, 0.5) is 0 Å². The maximum atomic E-state index is 12.6. The van der Waals surface area contributed by atoms with E-state index >= 15 is 0 Å². The van der Waals surface area contributed by atoms with E-state index in [0.29, 0.717) is 22.8 Å². The van der Waals surface area contributed by atoms with Gasteiger partial charge < -0.3 is 19.1 Å². The number of hydrogen-bond acceptors (Lipinski definition) is 7. The van der Waals surface area contributed by atoms with Crippen LogP contribution in [0.5, 0.6) is 17.2 Å². The van der Waals surface area contributed by atoms with Crippen molar-refractivity contribution in [3.05, 3.63) is 86.8 Å². The van der Waals surface area contributed by atoms with Gasteiger partial charge in [0.25, 0.3) is 5.91 Å². The number of amides is 1. The number of halogens is 1. The lowest BCUT2D eigenvalue weighted by Gasteiger charge is -2.36. The molecule has 8 nitrogen and oxygen atoms in total. The summed E-state index contributed by atoms with van der Waals surface area (Å²) in [5, 5.41) is 1.68. The molecule has 0 saturated heterocycles. The number of hydrazine groups is 1. The molecule has 3 aromatic rings. The highest BCUT2D eigenvalue weighted by Crippen LogP contribution is 2.41. The third-order valence-corrected chi connectivity index (χ3v) is 6.09. The van der Waals surface area contributed by atoms with Crippen LogP contribution in [-0.2, 0) is 4.79 Å². The lowest BCUT2D eigenvalue weighted by molar-refractivity contribution is -0.122. The number of nitrogens with zero attached hydrogens (tertiary/aromatic N) is 2. The van der Waals surface area contributed by atoms with E-state index in [4.69, 9.17) is 25.0 Å². The molecule has 3 aromatic carbocycles. The van der Waals surface area contributed by atoms with Crippen molar-refractivity contribution in [2.45, 2.75) is 6.17 Å². The average Bonchev–Trinajstić information content (AvgIpc) is 2.87. The summed E-state index contributed by atoms with van der Waals surface area (Å²) in [5.74, 6) is 6.74. The fourth-order valence-corrected chi connectivity index (χ4v) is 4.43. The molecule has 0 aliphatic carbocycles. The van der Waals surface area contributed by atoms with Gasteiger partial charge >= 0.3 is 0 Å². The lowest BCUT2D eigenvalue weighted by Crippen LogP contribution is -2.47. The Morgan fingerprint density at radius 1 is 1.00 bits per heavy atom. The van der Waals surface area contributed by atoms with Gasteiger partial charge in [0.1, 0.15) is 12.3 Å². The Hall–Kier alpha value is -3.56. The highest BCUT2D eigenvalue weighted by molar-refractivity contribution is 9.10. The normalized spacial score (nSPS) is 14.7. The molecule has 1 heterocycles. The first-order chi connectivity index (χ1) is 16.5. The molecular formula is C25H25BrN4O4. The first-order valence-electron chi connectivity index (χ1n) is 10.5. The van der Waals surface area contributed by atoms with Crippen LogP contribution in [0.15, 0.2) is 70.1 Å². The monoisotopic (exact) mass is 524 g/mol. The molecule has 0 spiro atoms. The number of ether oxygens (including phenoxy) is 3. The minimum Gasteiger partial charge on any atom is -0.496 e. The number of benzene rings is 3. The Morgan fingerprint density at radius 3 is 2.32 bits per heavy atom. The summed E-state index contributed by atoms with van der Waals surface area (Å²) in [4.78, 5) is 19.5. The predicted octanol–water partition coefficient (Wildman–Crippen LogP) is 2.26. The summed E-state index contributed by atoms with van der Waals surface area (Å²) in [5.41, 5.74) is 4.74. The van der Waals surface area contributed by atoms with E-state index in [1.165, 1.54) is 0 Å². The number of hydrogen-bond donors (Lipinski definition) is 2. The molecule has 1 atom stereocenters. The van der Waals surface area contributed by atoms with Crippen molar-refractivity contribution in [1.29, 1.82) is 0 Å². The number of carbonyl (C=O) groups excluding carboxylic acids is 1. The van der Waals surface area contributed by atoms with Crippen molar-refractivity contribution in [2.75, 3.05) is 27.9 Å². The van der Waals surface area contributed by atoms with Gasteiger partial charge in [-0.05, 0) is 29.8 Å². The van der Waals surface area contributed by atoms with E-state index in [1.807, 2.05) is 59.5 Å². The number of nitrogens with two attached hydrogens (primary N) is 1. The molecule has 3 N–H and O–H groups in total. The van der Waals surface area contributed by atoms with Gasteiger partial charge in [-0.25, -0.2) is 5.84 Å². The van der Waals surface area contributed by atoms with Crippen molar-refractivity contribution in [3.63, 3.8) is 0 Å². The smallest absolute Gasteiger partial charge is 0.253 e. The second-order valence-corrected chi connectivity index (χ2v) is 8.44. The Bertz CT molecular complexity index is 1330. The predicted molar refractivity (Wildman–Crippen MR) is 132 cm³/mol. The molecule has 1 amide bonds. The van der Waals surface area contributed by atoms with Crippen molar-refractivity contribution in [1.82, 2.24) is 10.3 Å². The molecule has 0 saturated carbocycles. The maximum Gasteiger partial charge on any atom is 0.253 e. The molecule has 1 aliphatic heterocycles. The molecule has 0 radical (unpaired) electrons. The lowest BCUT2D eigenvalue weighted by atomic mass is 10.0. The van der Waals surface area contributed by atoms with Crippen molar-refractivity contribution in [2.24, 2.45) is 10.8 Å². The summed E-state index contributed by atoms with van der Waals surface area (Å²) < 4.78 is 17.6. The maximum absolute atomic E-state index is 12.6. The first kappa shape index (κ1) is 23.6. The van der Waals surface area contributed by atoms with E-state index in [-0.39, 0.29) is 12.5 Å².